The van der Waals surface area contributed by atoms with Crippen LogP contribution < -0.4 is 0 Å². The van der Waals surface area contributed by atoms with Crippen molar-refractivity contribution < 1.29 is 13.6 Å². The predicted molar refractivity (Wildman–Crippen MR) is 108 cm³/mol. The molecule has 28 heavy (non-hydrogen) atoms. The number of fused-ring (bicyclic) bond motifs is 1. The van der Waals surface area contributed by atoms with Crippen molar-refractivity contribution in [1.82, 2.24) is 20.1 Å². The van der Waals surface area contributed by atoms with Crippen LogP contribution in [0.25, 0.3) is 21.9 Å². The van der Waals surface area contributed by atoms with E-state index in [9.17, 15) is 4.79 Å². The quantitative estimate of drug-likeness (QED) is 0.393. The number of thiazole rings is 1. The maximum Gasteiger partial charge on any atom is 0.283 e. The molecule has 1 aromatic carbocycles. The number of carbonyl (C=O) groups is 1. The van der Waals surface area contributed by atoms with Crippen LogP contribution in [0.2, 0.25) is 0 Å². The van der Waals surface area contributed by atoms with Gasteiger partial charge in [0.2, 0.25) is 11.8 Å². The summed E-state index contributed by atoms with van der Waals surface area (Å²) in [7, 11) is 0. The van der Waals surface area contributed by atoms with Crippen LogP contribution in [0.5, 0.6) is 0 Å². The summed E-state index contributed by atoms with van der Waals surface area (Å²) in [6.45, 7) is 2.93. The van der Waals surface area contributed by atoms with Gasteiger partial charge in [-0.2, -0.15) is 0 Å². The number of amides is 1. The van der Waals surface area contributed by atoms with Crippen LogP contribution >= 0.6 is 23.1 Å². The number of rotatable bonds is 8. The van der Waals surface area contributed by atoms with Gasteiger partial charge in [0.15, 0.2) is 10.1 Å². The molecule has 3 aromatic heterocycles. The Hall–Kier alpha value is -2.65. The largest absolute Gasteiger partial charge is 0.459 e. The summed E-state index contributed by atoms with van der Waals surface area (Å²) in [5, 5.41) is 8.02. The average Bonchev–Trinajstić information content (AvgIpc) is 3.45. The number of carbonyl (C=O) groups excluding carboxylic acids is 1. The molecule has 4 aromatic rings. The van der Waals surface area contributed by atoms with Gasteiger partial charge in [-0.25, -0.2) is 4.98 Å². The fraction of sp³-hybridized carbons (Fsp3) is 0.263. The van der Waals surface area contributed by atoms with Crippen LogP contribution in [-0.2, 0) is 11.3 Å². The van der Waals surface area contributed by atoms with Crippen LogP contribution in [0.1, 0.15) is 19.2 Å². The fourth-order valence-corrected chi connectivity index (χ4v) is 4.64. The van der Waals surface area contributed by atoms with Crippen molar-refractivity contribution in [3.8, 4) is 11.7 Å². The van der Waals surface area contributed by atoms with E-state index in [0.29, 0.717) is 29.8 Å². The van der Waals surface area contributed by atoms with Crippen molar-refractivity contribution in [2.24, 2.45) is 0 Å². The first-order chi connectivity index (χ1) is 13.7. The van der Waals surface area contributed by atoms with Crippen LogP contribution in [-0.4, -0.2) is 38.3 Å². The number of hydrogen-bond donors (Lipinski definition) is 0. The van der Waals surface area contributed by atoms with Crippen molar-refractivity contribution in [3.63, 3.8) is 0 Å². The highest BCUT2D eigenvalue weighted by Gasteiger charge is 2.19. The Morgan fingerprint density at radius 3 is 2.89 bits per heavy atom. The Kier molecular flexibility index (Phi) is 5.73. The van der Waals surface area contributed by atoms with Gasteiger partial charge in [0.05, 0.1) is 28.8 Å². The van der Waals surface area contributed by atoms with Gasteiger partial charge in [0.1, 0.15) is 0 Å². The third kappa shape index (κ3) is 4.26. The van der Waals surface area contributed by atoms with E-state index in [4.69, 9.17) is 8.83 Å². The SMILES string of the molecule is CCCN(Cc1nnc(-c2ccco2)o1)C(=O)CSc1nc2ccccc2s1. The Morgan fingerprint density at radius 1 is 1.21 bits per heavy atom. The van der Waals surface area contributed by atoms with Gasteiger partial charge in [-0.1, -0.05) is 30.8 Å². The monoisotopic (exact) mass is 414 g/mol. The third-order valence-electron chi connectivity index (χ3n) is 3.96. The van der Waals surface area contributed by atoms with Crippen LogP contribution in [0.4, 0.5) is 0 Å². The molecule has 3 heterocycles. The summed E-state index contributed by atoms with van der Waals surface area (Å²) in [4.78, 5) is 19.0. The Morgan fingerprint density at radius 2 is 2.11 bits per heavy atom. The second-order valence-corrected chi connectivity index (χ2v) is 8.28. The van der Waals surface area contributed by atoms with E-state index >= 15 is 0 Å². The molecule has 144 valence electrons. The van der Waals surface area contributed by atoms with Gasteiger partial charge in [-0.15, -0.1) is 21.5 Å². The van der Waals surface area contributed by atoms with Crippen LogP contribution in [0.15, 0.2) is 55.8 Å². The molecule has 0 N–H and O–H groups in total. The van der Waals surface area contributed by atoms with Crippen LogP contribution in [0, 0.1) is 0 Å². The highest BCUT2D eigenvalue weighted by molar-refractivity contribution is 8.01. The topological polar surface area (TPSA) is 85.3 Å². The molecular weight excluding hydrogens is 396 g/mol. The molecule has 0 aliphatic heterocycles. The highest BCUT2D eigenvalue weighted by atomic mass is 32.2. The Labute approximate surface area is 169 Å². The first-order valence-corrected chi connectivity index (χ1v) is 10.7. The first-order valence-electron chi connectivity index (χ1n) is 8.85. The number of thioether (sulfide) groups is 1. The molecule has 1 amide bonds. The van der Waals surface area contributed by atoms with E-state index in [1.807, 2.05) is 31.2 Å². The van der Waals surface area contributed by atoms with E-state index in [1.54, 1.807) is 34.6 Å². The zero-order valence-electron chi connectivity index (χ0n) is 15.2. The molecule has 0 atom stereocenters. The number of benzene rings is 1. The number of nitrogens with zero attached hydrogens (tertiary/aromatic N) is 4. The summed E-state index contributed by atoms with van der Waals surface area (Å²) >= 11 is 3.06. The molecule has 9 heteroatoms. The van der Waals surface area contributed by atoms with Crippen molar-refractivity contribution >= 4 is 39.2 Å². The zero-order chi connectivity index (χ0) is 19.3. The Bertz CT molecular complexity index is 1030. The second-order valence-electron chi connectivity index (χ2n) is 6.03. The molecule has 0 aliphatic rings. The summed E-state index contributed by atoms with van der Waals surface area (Å²) < 4.78 is 12.9. The summed E-state index contributed by atoms with van der Waals surface area (Å²) in [5.74, 6) is 1.55. The number of hydrogen-bond acceptors (Lipinski definition) is 8. The molecule has 0 radical (unpaired) electrons. The Balaban J connectivity index is 1.39. The number of aromatic nitrogens is 3. The van der Waals surface area contributed by atoms with E-state index in [-0.39, 0.29) is 12.5 Å². The van der Waals surface area contributed by atoms with E-state index in [1.165, 1.54) is 11.8 Å². The molecule has 0 aliphatic carbocycles. The van der Waals surface area contributed by atoms with Crippen molar-refractivity contribution in [2.75, 3.05) is 12.3 Å². The van der Waals surface area contributed by atoms with E-state index in [0.717, 1.165) is 21.0 Å². The van der Waals surface area contributed by atoms with Gasteiger partial charge in [0, 0.05) is 6.54 Å². The smallest absolute Gasteiger partial charge is 0.283 e. The molecular formula is C19H18N4O3S2. The molecule has 0 saturated carbocycles. The van der Waals surface area contributed by atoms with Gasteiger partial charge in [-0.05, 0) is 30.7 Å². The molecule has 7 nitrogen and oxygen atoms in total. The summed E-state index contributed by atoms with van der Waals surface area (Å²) in [5.41, 5.74) is 0.962. The predicted octanol–water partition coefficient (Wildman–Crippen LogP) is 4.47. The normalized spacial score (nSPS) is 11.2. The lowest BCUT2D eigenvalue weighted by atomic mass is 10.3. The maximum atomic E-state index is 12.7. The second kappa shape index (κ2) is 8.57. The molecule has 0 fully saturated rings. The van der Waals surface area contributed by atoms with Crippen molar-refractivity contribution in [3.05, 3.63) is 48.6 Å². The zero-order valence-corrected chi connectivity index (χ0v) is 16.8. The number of furan rings is 1. The van der Waals surface area contributed by atoms with Gasteiger partial charge >= 0.3 is 0 Å². The lowest BCUT2D eigenvalue weighted by Gasteiger charge is -2.19. The van der Waals surface area contributed by atoms with E-state index < -0.39 is 0 Å². The van der Waals surface area contributed by atoms with Crippen LogP contribution in [0.3, 0.4) is 0 Å². The van der Waals surface area contributed by atoms with Crippen molar-refractivity contribution in [2.45, 2.75) is 24.2 Å². The van der Waals surface area contributed by atoms with Gasteiger partial charge < -0.3 is 13.7 Å². The first kappa shape index (κ1) is 18.7. The van der Waals surface area contributed by atoms with Crippen molar-refractivity contribution in [1.29, 1.82) is 0 Å². The summed E-state index contributed by atoms with van der Waals surface area (Å²) in [6, 6.07) is 11.5. The lowest BCUT2D eigenvalue weighted by molar-refractivity contribution is -0.129. The molecule has 0 bridgehead atoms. The minimum absolute atomic E-state index is 0.0175. The lowest BCUT2D eigenvalue weighted by Crippen LogP contribution is -2.32. The fourth-order valence-electron chi connectivity index (χ4n) is 2.67. The average molecular weight is 415 g/mol. The van der Waals surface area contributed by atoms with Gasteiger partial charge in [-0.3, -0.25) is 4.79 Å². The molecule has 0 unspecified atom stereocenters. The summed E-state index contributed by atoms with van der Waals surface area (Å²) in [6.07, 6.45) is 2.39. The van der Waals surface area contributed by atoms with E-state index in [2.05, 4.69) is 15.2 Å². The minimum Gasteiger partial charge on any atom is -0.459 e. The van der Waals surface area contributed by atoms with Gasteiger partial charge in [0.25, 0.3) is 5.89 Å². The highest BCUT2D eigenvalue weighted by Crippen LogP contribution is 2.29. The minimum atomic E-state index is 0.0175. The standard InChI is InChI=1S/C19H18N4O3S2/c1-2-9-23(11-16-21-22-18(26-16)14-7-5-10-25-14)17(24)12-27-19-20-13-6-3-4-8-15(13)28-19/h3-8,10H,2,9,11-12H2,1H3. The maximum absolute atomic E-state index is 12.7. The molecule has 4 rings (SSSR count). The third-order valence-corrected chi connectivity index (χ3v) is 6.13. The molecule has 0 spiro atoms. The number of para-hydroxylation sites is 1. The molecule has 0 saturated heterocycles.